The lowest BCUT2D eigenvalue weighted by atomic mass is 10.1. The minimum atomic E-state index is -0.656. The Balaban J connectivity index is 2.26. The fourth-order valence-electron chi connectivity index (χ4n) is 1.47. The molecule has 0 aliphatic carbocycles. The molecule has 94 valence electrons. The summed E-state index contributed by atoms with van der Waals surface area (Å²) in [6.45, 7) is 0. The lowest BCUT2D eigenvalue weighted by Crippen LogP contribution is -2.01. The van der Waals surface area contributed by atoms with Gasteiger partial charge in [-0.1, -0.05) is 18.2 Å². The zero-order chi connectivity index (χ0) is 13.7. The van der Waals surface area contributed by atoms with Crippen LogP contribution in [0.5, 0.6) is 0 Å². The van der Waals surface area contributed by atoms with E-state index in [9.17, 15) is 14.9 Å². The molecule has 0 atom stereocenters. The molecule has 0 bridgehead atoms. The molecule has 0 saturated heterocycles. The van der Waals surface area contributed by atoms with E-state index in [0.29, 0.717) is 5.56 Å². The van der Waals surface area contributed by atoms with Gasteiger partial charge in [0.25, 0.3) is 11.6 Å². The van der Waals surface area contributed by atoms with Crippen LogP contribution in [0.4, 0.5) is 5.69 Å². The number of aromatic nitrogens is 1. The van der Waals surface area contributed by atoms with Gasteiger partial charge >= 0.3 is 0 Å². The maximum atomic E-state index is 11.8. The number of nitro benzene ring substituents is 1. The van der Waals surface area contributed by atoms with Gasteiger partial charge in [0.2, 0.25) is 0 Å². The monoisotopic (exact) mass is 255 g/mol. The minimum absolute atomic E-state index is 0.0346. The Kier molecular flexibility index (Phi) is 3.72. The Morgan fingerprint density at radius 2 is 2.05 bits per heavy atom. The van der Waals surface area contributed by atoms with E-state index in [-0.39, 0.29) is 11.3 Å². The predicted octanol–water partition coefficient (Wildman–Crippen LogP) is 2.25. The van der Waals surface area contributed by atoms with Crippen molar-refractivity contribution in [2.75, 3.05) is 0 Å². The molecular formula is C13H9N3O3. The third kappa shape index (κ3) is 3.06. The molecule has 0 unspecified atom stereocenters. The summed E-state index contributed by atoms with van der Waals surface area (Å²) in [6, 6.07) is 9.13. The van der Waals surface area contributed by atoms with E-state index in [1.807, 2.05) is 0 Å². The second kappa shape index (κ2) is 5.63. The summed E-state index contributed by atoms with van der Waals surface area (Å²) in [4.78, 5) is 29.6. The molecule has 6 heteroatoms. The number of rotatable bonds is 3. The summed E-state index contributed by atoms with van der Waals surface area (Å²) in [7, 11) is 0. The lowest BCUT2D eigenvalue weighted by Gasteiger charge is -1.97. The first kappa shape index (κ1) is 12.6. The summed E-state index contributed by atoms with van der Waals surface area (Å²) < 4.78 is 0. The van der Waals surface area contributed by atoms with Crippen molar-refractivity contribution in [3.8, 4) is 0 Å². The number of nitrogens with zero attached hydrogens (tertiary/aromatic N) is 3. The summed E-state index contributed by atoms with van der Waals surface area (Å²) >= 11 is 0. The molecule has 1 amide bonds. The Labute approximate surface area is 108 Å². The van der Waals surface area contributed by atoms with Gasteiger partial charge in [0, 0.05) is 30.2 Å². The Morgan fingerprint density at radius 3 is 2.74 bits per heavy atom. The summed E-state index contributed by atoms with van der Waals surface area (Å²) in [5.41, 5.74) is 0.359. The van der Waals surface area contributed by atoms with Gasteiger partial charge in [0.1, 0.15) is 5.56 Å². The summed E-state index contributed by atoms with van der Waals surface area (Å²) in [5, 5.41) is 10.8. The van der Waals surface area contributed by atoms with Crippen molar-refractivity contribution in [1.29, 1.82) is 0 Å². The molecule has 0 aliphatic rings. The van der Waals surface area contributed by atoms with Gasteiger partial charge in [-0.15, -0.1) is 0 Å². The highest BCUT2D eigenvalue weighted by atomic mass is 16.6. The number of hydrogen-bond donors (Lipinski definition) is 0. The van der Waals surface area contributed by atoms with E-state index in [1.54, 1.807) is 24.4 Å². The normalized spacial score (nSPS) is 10.5. The topological polar surface area (TPSA) is 85.5 Å². The van der Waals surface area contributed by atoms with Crippen LogP contribution in [0.25, 0.3) is 0 Å². The molecule has 1 aromatic carbocycles. The molecule has 6 nitrogen and oxygen atoms in total. The number of para-hydroxylation sites is 1. The number of nitro groups is 1. The van der Waals surface area contributed by atoms with Crippen molar-refractivity contribution < 1.29 is 9.72 Å². The third-order valence-corrected chi connectivity index (χ3v) is 2.35. The van der Waals surface area contributed by atoms with Crippen LogP contribution in [0, 0.1) is 10.1 Å². The molecule has 0 radical (unpaired) electrons. The van der Waals surface area contributed by atoms with E-state index in [0.717, 1.165) is 0 Å². The molecule has 0 aliphatic heterocycles. The average molecular weight is 255 g/mol. The predicted molar refractivity (Wildman–Crippen MR) is 69.3 cm³/mol. The van der Waals surface area contributed by atoms with Crippen molar-refractivity contribution in [3.05, 3.63) is 70.0 Å². The SMILES string of the molecule is O=C(N=Cc1cccnc1)c1ccccc1[N+](=O)[O-]. The Hall–Kier alpha value is -2.89. The maximum Gasteiger partial charge on any atom is 0.283 e. The van der Waals surface area contributed by atoms with Crippen LogP contribution in [0.3, 0.4) is 0 Å². The number of carbonyl (C=O) groups excluding carboxylic acids is 1. The molecule has 0 N–H and O–H groups in total. The van der Waals surface area contributed by atoms with Crippen LogP contribution in [0.1, 0.15) is 15.9 Å². The van der Waals surface area contributed by atoms with E-state index in [2.05, 4.69) is 9.98 Å². The number of aliphatic imine (C=N–C) groups is 1. The number of amides is 1. The number of pyridine rings is 1. The molecule has 1 heterocycles. The first-order valence-electron chi connectivity index (χ1n) is 5.40. The van der Waals surface area contributed by atoms with Gasteiger partial charge in [0.05, 0.1) is 4.92 Å². The van der Waals surface area contributed by atoms with Gasteiger partial charge in [0.15, 0.2) is 0 Å². The molecule has 19 heavy (non-hydrogen) atoms. The molecular weight excluding hydrogens is 246 g/mol. The van der Waals surface area contributed by atoms with E-state index < -0.39 is 10.8 Å². The summed E-state index contributed by atoms with van der Waals surface area (Å²) in [5.74, 6) is -0.656. The van der Waals surface area contributed by atoms with E-state index in [1.165, 1.54) is 30.6 Å². The van der Waals surface area contributed by atoms with Crippen molar-refractivity contribution in [3.63, 3.8) is 0 Å². The van der Waals surface area contributed by atoms with Crippen LogP contribution in [-0.4, -0.2) is 22.0 Å². The zero-order valence-corrected chi connectivity index (χ0v) is 9.76. The third-order valence-electron chi connectivity index (χ3n) is 2.35. The highest BCUT2D eigenvalue weighted by Gasteiger charge is 2.17. The molecule has 1 aromatic heterocycles. The Morgan fingerprint density at radius 1 is 1.26 bits per heavy atom. The van der Waals surface area contributed by atoms with Gasteiger partial charge in [-0.05, 0) is 12.1 Å². The van der Waals surface area contributed by atoms with Crippen molar-refractivity contribution in [2.45, 2.75) is 0 Å². The van der Waals surface area contributed by atoms with Gasteiger partial charge in [-0.3, -0.25) is 19.9 Å². The smallest absolute Gasteiger partial charge is 0.266 e. The van der Waals surface area contributed by atoms with Crippen LogP contribution >= 0.6 is 0 Å². The molecule has 0 saturated carbocycles. The fraction of sp³-hybridized carbons (Fsp3) is 0. The molecule has 2 aromatic rings. The van der Waals surface area contributed by atoms with Crippen LogP contribution < -0.4 is 0 Å². The number of hydrogen-bond acceptors (Lipinski definition) is 4. The average Bonchev–Trinajstić information content (AvgIpc) is 2.46. The van der Waals surface area contributed by atoms with Gasteiger partial charge < -0.3 is 0 Å². The van der Waals surface area contributed by atoms with E-state index >= 15 is 0 Å². The standard InChI is InChI=1S/C13H9N3O3/c17-13(15-9-10-4-3-7-14-8-10)11-5-1-2-6-12(11)16(18)19/h1-9H. The van der Waals surface area contributed by atoms with Crippen molar-refractivity contribution >= 4 is 17.8 Å². The maximum absolute atomic E-state index is 11.8. The van der Waals surface area contributed by atoms with Gasteiger partial charge in [-0.25, -0.2) is 4.99 Å². The van der Waals surface area contributed by atoms with Gasteiger partial charge in [-0.2, -0.15) is 0 Å². The summed E-state index contributed by atoms with van der Waals surface area (Å²) in [6.07, 6.45) is 4.46. The number of benzene rings is 1. The second-order valence-electron chi connectivity index (χ2n) is 3.62. The largest absolute Gasteiger partial charge is 0.283 e. The quantitative estimate of drug-likeness (QED) is 0.478. The van der Waals surface area contributed by atoms with Crippen LogP contribution in [0.2, 0.25) is 0 Å². The first-order valence-corrected chi connectivity index (χ1v) is 5.40. The minimum Gasteiger partial charge on any atom is -0.266 e. The lowest BCUT2D eigenvalue weighted by molar-refractivity contribution is -0.385. The van der Waals surface area contributed by atoms with Crippen LogP contribution in [-0.2, 0) is 0 Å². The van der Waals surface area contributed by atoms with Crippen molar-refractivity contribution in [1.82, 2.24) is 4.98 Å². The van der Waals surface area contributed by atoms with Crippen LogP contribution in [0.15, 0.2) is 53.8 Å². The second-order valence-corrected chi connectivity index (χ2v) is 3.62. The highest BCUT2D eigenvalue weighted by molar-refractivity contribution is 6.04. The molecule has 0 fully saturated rings. The molecule has 2 rings (SSSR count). The Bertz CT molecular complexity index is 639. The first-order chi connectivity index (χ1) is 9.18. The van der Waals surface area contributed by atoms with Crippen molar-refractivity contribution in [2.24, 2.45) is 4.99 Å². The fourth-order valence-corrected chi connectivity index (χ4v) is 1.47. The number of carbonyl (C=O) groups is 1. The molecule has 0 spiro atoms. The zero-order valence-electron chi connectivity index (χ0n) is 9.76. The highest BCUT2D eigenvalue weighted by Crippen LogP contribution is 2.18. The van der Waals surface area contributed by atoms with E-state index in [4.69, 9.17) is 0 Å².